The van der Waals surface area contributed by atoms with Gasteiger partial charge in [0.2, 0.25) is 0 Å². The molecule has 23 heavy (non-hydrogen) atoms. The molecular weight excluding hydrogens is 290 g/mol. The van der Waals surface area contributed by atoms with Crippen molar-refractivity contribution in [2.75, 3.05) is 0 Å². The van der Waals surface area contributed by atoms with E-state index in [4.69, 9.17) is 4.84 Å². The molecule has 0 saturated heterocycles. The van der Waals surface area contributed by atoms with Gasteiger partial charge >= 0.3 is 0 Å². The van der Waals surface area contributed by atoms with Crippen LogP contribution in [0.2, 0.25) is 0 Å². The molecular formula is C18H17N3O2. The number of Topliss-reactive ketones (excluding diaryl/α,β-unsaturated/α-hetero) is 1. The predicted molar refractivity (Wildman–Crippen MR) is 86.0 cm³/mol. The van der Waals surface area contributed by atoms with Gasteiger partial charge in [-0.3, -0.25) is 14.8 Å². The molecule has 2 heterocycles. The van der Waals surface area contributed by atoms with Crippen LogP contribution in [0.15, 0.2) is 41.9 Å². The van der Waals surface area contributed by atoms with Gasteiger partial charge in [-0.1, -0.05) is 17.3 Å². The van der Waals surface area contributed by atoms with Crippen molar-refractivity contribution in [3.05, 3.63) is 47.9 Å². The van der Waals surface area contributed by atoms with Gasteiger partial charge in [-0.2, -0.15) is 0 Å². The van der Waals surface area contributed by atoms with Crippen LogP contribution in [-0.2, 0) is 9.63 Å². The Kier molecular flexibility index (Phi) is 3.41. The summed E-state index contributed by atoms with van der Waals surface area (Å²) in [5.74, 6) is 0.0142. The molecule has 0 radical (unpaired) electrons. The SMILES string of the molecule is Cc1ccc(C2=NOC3CCCC(=O)C23)cc1-c1cnccn1. The van der Waals surface area contributed by atoms with E-state index in [0.29, 0.717) is 6.42 Å². The topological polar surface area (TPSA) is 64.4 Å². The minimum absolute atomic E-state index is 0.0903. The van der Waals surface area contributed by atoms with Gasteiger partial charge < -0.3 is 4.84 Å². The van der Waals surface area contributed by atoms with Crippen molar-refractivity contribution in [2.24, 2.45) is 11.1 Å². The predicted octanol–water partition coefficient (Wildman–Crippen LogP) is 2.92. The number of oxime groups is 1. The molecule has 1 aliphatic carbocycles. The second-order valence-corrected chi connectivity index (χ2v) is 6.08. The van der Waals surface area contributed by atoms with Crippen molar-refractivity contribution in [2.45, 2.75) is 32.3 Å². The van der Waals surface area contributed by atoms with E-state index in [0.717, 1.165) is 40.9 Å². The van der Waals surface area contributed by atoms with Crippen LogP contribution in [0.5, 0.6) is 0 Å². The first-order chi connectivity index (χ1) is 11.2. The third-order valence-corrected chi connectivity index (χ3v) is 4.58. The maximum absolute atomic E-state index is 12.3. The lowest BCUT2D eigenvalue weighted by atomic mass is 9.80. The van der Waals surface area contributed by atoms with Gasteiger partial charge in [-0.25, -0.2) is 0 Å². The summed E-state index contributed by atoms with van der Waals surface area (Å²) in [6, 6.07) is 6.07. The monoisotopic (exact) mass is 307 g/mol. The van der Waals surface area contributed by atoms with Crippen LogP contribution in [0.1, 0.15) is 30.4 Å². The number of hydrogen-bond acceptors (Lipinski definition) is 5. The lowest BCUT2D eigenvalue weighted by Crippen LogP contribution is -2.35. The van der Waals surface area contributed by atoms with Gasteiger partial charge in [-0.15, -0.1) is 0 Å². The maximum atomic E-state index is 12.3. The molecule has 2 aliphatic rings. The van der Waals surface area contributed by atoms with Crippen LogP contribution in [0.4, 0.5) is 0 Å². The minimum Gasteiger partial charge on any atom is -0.391 e. The minimum atomic E-state index is -0.221. The van der Waals surface area contributed by atoms with Crippen molar-refractivity contribution in [1.29, 1.82) is 0 Å². The highest BCUT2D eigenvalue weighted by Gasteiger charge is 2.42. The molecule has 0 spiro atoms. The number of hydrogen-bond donors (Lipinski definition) is 0. The summed E-state index contributed by atoms with van der Waals surface area (Å²) in [5.41, 5.74) is 4.62. The summed E-state index contributed by atoms with van der Waals surface area (Å²) < 4.78 is 0. The van der Waals surface area contributed by atoms with Crippen molar-refractivity contribution >= 4 is 11.5 Å². The number of nitrogens with zero attached hydrogens (tertiary/aromatic N) is 3. The summed E-state index contributed by atoms with van der Waals surface area (Å²) in [6.07, 6.45) is 7.39. The van der Waals surface area contributed by atoms with E-state index < -0.39 is 0 Å². The van der Waals surface area contributed by atoms with Crippen LogP contribution >= 0.6 is 0 Å². The van der Waals surface area contributed by atoms with E-state index in [1.165, 1.54) is 0 Å². The Balaban J connectivity index is 1.74. The molecule has 4 rings (SSSR count). The largest absolute Gasteiger partial charge is 0.391 e. The van der Waals surface area contributed by atoms with E-state index in [1.807, 2.05) is 25.1 Å². The lowest BCUT2D eigenvalue weighted by molar-refractivity contribution is -0.126. The molecule has 1 fully saturated rings. The molecule has 5 heteroatoms. The zero-order valence-electron chi connectivity index (χ0n) is 12.9. The van der Waals surface area contributed by atoms with Gasteiger partial charge in [0.15, 0.2) is 0 Å². The van der Waals surface area contributed by atoms with Crippen LogP contribution < -0.4 is 0 Å². The van der Waals surface area contributed by atoms with Gasteiger partial charge in [-0.05, 0) is 31.4 Å². The fourth-order valence-electron chi connectivity index (χ4n) is 3.36. The third kappa shape index (κ3) is 2.42. The molecule has 1 aromatic heterocycles. The smallest absolute Gasteiger partial charge is 0.145 e. The summed E-state index contributed by atoms with van der Waals surface area (Å²) in [7, 11) is 0. The number of carbonyl (C=O) groups is 1. The lowest BCUT2D eigenvalue weighted by Gasteiger charge is -2.22. The Labute approximate surface area is 134 Å². The first kappa shape index (κ1) is 14.1. The number of ketones is 1. The Morgan fingerprint density at radius 3 is 3.00 bits per heavy atom. The summed E-state index contributed by atoms with van der Waals surface area (Å²) in [4.78, 5) is 26.3. The number of rotatable bonds is 2. The number of aromatic nitrogens is 2. The zero-order valence-corrected chi connectivity index (χ0v) is 12.9. The number of benzene rings is 1. The van der Waals surface area contributed by atoms with Crippen LogP contribution in [0.3, 0.4) is 0 Å². The molecule has 0 amide bonds. The molecule has 0 N–H and O–H groups in total. The van der Waals surface area contributed by atoms with Crippen LogP contribution in [0.25, 0.3) is 11.3 Å². The summed E-state index contributed by atoms with van der Waals surface area (Å²) in [5, 5.41) is 4.23. The Morgan fingerprint density at radius 2 is 2.17 bits per heavy atom. The average Bonchev–Trinajstić information content (AvgIpc) is 3.02. The highest BCUT2D eigenvalue weighted by atomic mass is 16.6. The number of carbonyl (C=O) groups excluding carboxylic acids is 1. The first-order valence-electron chi connectivity index (χ1n) is 7.88. The Morgan fingerprint density at radius 1 is 1.26 bits per heavy atom. The second kappa shape index (κ2) is 5.57. The molecule has 1 aliphatic heterocycles. The molecule has 2 aromatic rings. The van der Waals surface area contributed by atoms with E-state index in [-0.39, 0.29) is 17.8 Å². The fourth-order valence-corrected chi connectivity index (χ4v) is 3.36. The number of aryl methyl sites for hydroxylation is 1. The highest BCUT2D eigenvalue weighted by Crippen LogP contribution is 2.34. The molecule has 5 nitrogen and oxygen atoms in total. The number of fused-ring (bicyclic) bond motifs is 1. The summed E-state index contributed by atoms with van der Waals surface area (Å²) >= 11 is 0. The van der Waals surface area contributed by atoms with E-state index >= 15 is 0 Å². The van der Waals surface area contributed by atoms with Crippen LogP contribution in [-0.4, -0.2) is 27.6 Å². The van der Waals surface area contributed by atoms with E-state index in [2.05, 4.69) is 15.1 Å². The van der Waals surface area contributed by atoms with Gasteiger partial charge in [0.25, 0.3) is 0 Å². The highest BCUT2D eigenvalue weighted by molar-refractivity contribution is 6.15. The van der Waals surface area contributed by atoms with Gasteiger partial charge in [0.05, 0.1) is 11.9 Å². The standard InChI is InChI=1S/C18H17N3O2/c1-11-5-6-12(9-13(11)14-10-19-7-8-20-14)18-17-15(22)3-2-4-16(17)23-21-18/h5-10,16-17H,2-4H2,1H3. The van der Waals surface area contributed by atoms with Crippen molar-refractivity contribution in [1.82, 2.24) is 9.97 Å². The fraction of sp³-hybridized carbons (Fsp3) is 0.333. The zero-order chi connectivity index (χ0) is 15.8. The van der Waals surface area contributed by atoms with Gasteiger partial charge in [0, 0.05) is 29.9 Å². The molecule has 2 atom stereocenters. The molecule has 0 bridgehead atoms. The molecule has 2 unspecified atom stereocenters. The van der Waals surface area contributed by atoms with Gasteiger partial charge in [0.1, 0.15) is 23.5 Å². The average molecular weight is 307 g/mol. The van der Waals surface area contributed by atoms with Crippen LogP contribution in [0, 0.1) is 12.8 Å². The molecule has 1 saturated carbocycles. The quantitative estimate of drug-likeness (QED) is 0.855. The molecule has 1 aromatic carbocycles. The molecule has 116 valence electrons. The van der Waals surface area contributed by atoms with Crippen molar-refractivity contribution in [3.63, 3.8) is 0 Å². The second-order valence-electron chi connectivity index (χ2n) is 6.08. The third-order valence-electron chi connectivity index (χ3n) is 4.58. The van der Waals surface area contributed by atoms with E-state index in [1.54, 1.807) is 18.6 Å². The van der Waals surface area contributed by atoms with E-state index in [9.17, 15) is 4.79 Å². The maximum Gasteiger partial charge on any atom is 0.145 e. The van der Waals surface area contributed by atoms with Crippen molar-refractivity contribution < 1.29 is 9.63 Å². The van der Waals surface area contributed by atoms with Crippen molar-refractivity contribution in [3.8, 4) is 11.3 Å². The first-order valence-corrected chi connectivity index (χ1v) is 7.88. The normalized spacial score (nSPS) is 23.2. The Bertz CT molecular complexity index is 786. The summed E-state index contributed by atoms with van der Waals surface area (Å²) in [6.45, 7) is 2.04. The Hall–Kier alpha value is -2.56.